The van der Waals surface area contributed by atoms with Crippen LogP contribution in [0.15, 0.2) is 29.2 Å². The molecule has 0 atom stereocenters. The molecule has 0 aliphatic rings. The quantitative estimate of drug-likeness (QED) is 0.852. The molecule has 0 aliphatic carbocycles. The summed E-state index contributed by atoms with van der Waals surface area (Å²) in [6.45, 7) is 8.46. The number of benzene rings is 1. The van der Waals surface area contributed by atoms with Gasteiger partial charge in [-0.1, -0.05) is 0 Å². The molecule has 25 heavy (non-hydrogen) atoms. The van der Waals surface area contributed by atoms with Crippen LogP contribution in [0, 0.1) is 13.8 Å². The lowest BCUT2D eigenvalue weighted by Crippen LogP contribution is -2.30. The molecule has 1 heterocycles. The Kier molecular flexibility index (Phi) is 5.52. The summed E-state index contributed by atoms with van der Waals surface area (Å²) in [4.78, 5) is 14.2. The van der Waals surface area contributed by atoms with Gasteiger partial charge in [-0.15, -0.1) is 0 Å². The predicted molar refractivity (Wildman–Crippen MR) is 97.2 cm³/mol. The molecule has 1 amide bonds. The van der Waals surface area contributed by atoms with Crippen LogP contribution < -0.4 is 4.72 Å². The van der Waals surface area contributed by atoms with Crippen molar-refractivity contribution in [3.8, 4) is 0 Å². The van der Waals surface area contributed by atoms with Gasteiger partial charge in [0, 0.05) is 31.4 Å². The maximum Gasteiger partial charge on any atom is 0.265 e. The monoisotopic (exact) mass is 364 g/mol. The highest BCUT2D eigenvalue weighted by Gasteiger charge is 2.24. The van der Waals surface area contributed by atoms with Crippen molar-refractivity contribution in [3.05, 3.63) is 41.2 Å². The minimum atomic E-state index is -3.74. The Morgan fingerprint density at radius 1 is 1.16 bits per heavy atom. The van der Waals surface area contributed by atoms with Crippen molar-refractivity contribution in [1.29, 1.82) is 0 Å². The Labute approximate surface area is 148 Å². The number of aryl methyl sites for hydroxylation is 2. The second kappa shape index (κ2) is 7.26. The molecule has 0 spiro atoms. The first kappa shape index (κ1) is 19.0. The number of sulfonamides is 1. The van der Waals surface area contributed by atoms with Gasteiger partial charge < -0.3 is 4.90 Å². The van der Waals surface area contributed by atoms with Crippen LogP contribution in [-0.4, -0.2) is 42.1 Å². The SMILES string of the molecule is CCN(CC)C(=O)c1ccc(NS(=O)(=O)c2c(C)nn(C)c2C)cc1. The van der Waals surface area contributed by atoms with Gasteiger partial charge in [0.2, 0.25) is 0 Å². The van der Waals surface area contributed by atoms with Crippen molar-refractivity contribution in [3.63, 3.8) is 0 Å². The van der Waals surface area contributed by atoms with Gasteiger partial charge >= 0.3 is 0 Å². The van der Waals surface area contributed by atoms with Crippen molar-refractivity contribution in [2.24, 2.45) is 7.05 Å². The Morgan fingerprint density at radius 3 is 2.16 bits per heavy atom. The van der Waals surface area contributed by atoms with E-state index in [-0.39, 0.29) is 10.8 Å². The van der Waals surface area contributed by atoms with Gasteiger partial charge in [0.15, 0.2) is 0 Å². The van der Waals surface area contributed by atoms with Gasteiger partial charge in [0.1, 0.15) is 4.90 Å². The third kappa shape index (κ3) is 3.84. The van der Waals surface area contributed by atoms with Gasteiger partial charge in [-0.05, 0) is 52.0 Å². The third-order valence-corrected chi connectivity index (χ3v) is 5.78. The van der Waals surface area contributed by atoms with Crippen LogP contribution in [0.2, 0.25) is 0 Å². The van der Waals surface area contributed by atoms with Crippen LogP contribution in [0.25, 0.3) is 0 Å². The van der Waals surface area contributed by atoms with Crippen molar-refractivity contribution >= 4 is 21.6 Å². The molecule has 0 bridgehead atoms. The van der Waals surface area contributed by atoms with Crippen LogP contribution in [0.5, 0.6) is 0 Å². The first-order valence-electron chi connectivity index (χ1n) is 8.13. The van der Waals surface area contributed by atoms with E-state index in [1.807, 2.05) is 13.8 Å². The highest BCUT2D eigenvalue weighted by Crippen LogP contribution is 2.22. The zero-order valence-electron chi connectivity index (χ0n) is 15.2. The van der Waals surface area contributed by atoms with Crippen LogP contribution in [0.4, 0.5) is 5.69 Å². The van der Waals surface area contributed by atoms with Crippen LogP contribution in [-0.2, 0) is 17.1 Å². The Hall–Kier alpha value is -2.35. The highest BCUT2D eigenvalue weighted by molar-refractivity contribution is 7.92. The highest BCUT2D eigenvalue weighted by atomic mass is 32.2. The topological polar surface area (TPSA) is 84.3 Å². The first-order chi connectivity index (χ1) is 11.7. The molecule has 7 nitrogen and oxygen atoms in total. The van der Waals surface area contributed by atoms with Gasteiger partial charge in [0.25, 0.3) is 15.9 Å². The first-order valence-corrected chi connectivity index (χ1v) is 9.61. The summed E-state index contributed by atoms with van der Waals surface area (Å²) in [6, 6.07) is 6.44. The molecule has 2 aromatic rings. The number of hydrogen-bond acceptors (Lipinski definition) is 4. The predicted octanol–water partition coefficient (Wildman–Crippen LogP) is 2.32. The maximum atomic E-state index is 12.6. The molecular formula is C17H24N4O3S. The van der Waals surface area contributed by atoms with E-state index in [2.05, 4.69) is 9.82 Å². The van der Waals surface area contributed by atoms with E-state index in [0.29, 0.717) is 35.7 Å². The molecule has 0 unspecified atom stereocenters. The second-order valence-corrected chi connectivity index (χ2v) is 7.40. The molecule has 0 saturated carbocycles. The van der Waals surface area contributed by atoms with Gasteiger partial charge in [-0.25, -0.2) is 8.42 Å². The van der Waals surface area contributed by atoms with Crippen LogP contribution >= 0.6 is 0 Å². The average Bonchev–Trinajstić information content (AvgIpc) is 2.81. The number of nitrogens with zero attached hydrogens (tertiary/aromatic N) is 3. The number of anilines is 1. The van der Waals surface area contributed by atoms with E-state index >= 15 is 0 Å². The largest absolute Gasteiger partial charge is 0.339 e. The van der Waals surface area contributed by atoms with E-state index in [4.69, 9.17) is 0 Å². The molecule has 0 saturated heterocycles. The number of rotatable bonds is 6. The van der Waals surface area contributed by atoms with E-state index in [1.54, 1.807) is 50.1 Å². The van der Waals surface area contributed by atoms with E-state index in [0.717, 1.165) is 0 Å². The summed E-state index contributed by atoms with van der Waals surface area (Å²) in [6.07, 6.45) is 0. The Bertz CT molecular complexity index is 866. The van der Waals surface area contributed by atoms with E-state index in [1.165, 1.54) is 4.68 Å². The van der Waals surface area contributed by atoms with E-state index < -0.39 is 10.0 Å². The summed E-state index contributed by atoms with van der Waals surface area (Å²) in [5.74, 6) is -0.0710. The summed E-state index contributed by atoms with van der Waals surface area (Å²) < 4.78 is 29.4. The Morgan fingerprint density at radius 2 is 1.72 bits per heavy atom. The van der Waals surface area contributed by atoms with Crippen molar-refractivity contribution in [2.75, 3.05) is 17.8 Å². The van der Waals surface area contributed by atoms with E-state index in [9.17, 15) is 13.2 Å². The lowest BCUT2D eigenvalue weighted by atomic mass is 10.2. The zero-order valence-corrected chi connectivity index (χ0v) is 16.0. The number of nitrogens with one attached hydrogen (secondary N) is 1. The van der Waals surface area contributed by atoms with Crippen LogP contribution in [0.3, 0.4) is 0 Å². The van der Waals surface area contributed by atoms with Crippen LogP contribution in [0.1, 0.15) is 35.6 Å². The fourth-order valence-corrected chi connectivity index (χ4v) is 4.22. The summed E-state index contributed by atoms with van der Waals surface area (Å²) in [7, 11) is -2.04. The van der Waals surface area contributed by atoms with Crippen molar-refractivity contribution in [1.82, 2.24) is 14.7 Å². The summed E-state index contributed by atoms with van der Waals surface area (Å²) in [5.41, 5.74) is 1.94. The third-order valence-electron chi connectivity index (χ3n) is 4.15. The lowest BCUT2D eigenvalue weighted by Gasteiger charge is -2.18. The number of carbonyl (C=O) groups excluding carboxylic acids is 1. The fraction of sp³-hybridized carbons (Fsp3) is 0.412. The minimum Gasteiger partial charge on any atom is -0.339 e. The number of carbonyl (C=O) groups is 1. The van der Waals surface area contributed by atoms with Crippen molar-refractivity contribution in [2.45, 2.75) is 32.6 Å². The standard InChI is InChI=1S/C17H24N4O3S/c1-6-21(7-2)17(22)14-8-10-15(11-9-14)19-25(23,24)16-12(3)18-20(5)13(16)4/h8-11,19H,6-7H2,1-5H3. The molecule has 0 fully saturated rings. The maximum absolute atomic E-state index is 12.6. The normalized spacial score (nSPS) is 11.4. The fourth-order valence-electron chi connectivity index (χ4n) is 2.72. The molecular weight excluding hydrogens is 340 g/mol. The summed E-state index contributed by atoms with van der Waals surface area (Å²) >= 11 is 0. The van der Waals surface area contributed by atoms with Gasteiger partial charge in [-0.3, -0.25) is 14.2 Å². The molecule has 1 aromatic carbocycles. The number of amides is 1. The molecule has 136 valence electrons. The van der Waals surface area contributed by atoms with Crippen molar-refractivity contribution < 1.29 is 13.2 Å². The molecule has 1 aromatic heterocycles. The molecule has 8 heteroatoms. The molecule has 0 aliphatic heterocycles. The Balaban J connectivity index is 2.25. The molecule has 1 N–H and O–H groups in total. The minimum absolute atomic E-state index is 0.0710. The molecule has 2 rings (SSSR count). The smallest absolute Gasteiger partial charge is 0.265 e. The number of aromatic nitrogens is 2. The van der Waals surface area contributed by atoms with Gasteiger partial charge in [-0.2, -0.15) is 5.10 Å². The van der Waals surface area contributed by atoms with Gasteiger partial charge in [0.05, 0.1) is 11.4 Å². The average molecular weight is 364 g/mol. The summed E-state index contributed by atoms with van der Waals surface area (Å²) in [5, 5.41) is 4.14. The molecule has 0 radical (unpaired) electrons. The lowest BCUT2D eigenvalue weighted by molar-refractivity contribution is 0.0773. The number of hydrogen-bond donors (Lipinski definition) is 1. The zero-order chi connectivity index (χ0) is 18.8. The second-order valence-electron chi connectivity index (χ2n) is 5.78.